The normalized spacial score (nSPS) is 22.5. The molecule has 23 heavy (non-hydrogen) atoms. The lowest BCUT2D eigenvalue weighted by Crippen LogP contribution is -2.35. The van der Waals surface area contributed by atoms with Gasteiger partial charge in [-0.2, -0.15) is 0 Å². The number of carbonyl (C=O) groups excluding carboxylic acids is 2. The first-order valence-corrected chi connectivity index (χ1v) is 9.44. The molecule has 0 radical (unpaired) electrons. The van der Waals surface area contributed by atoms with Gasteiger partial charge in [0.15, 0.2) is 0 Å². The number of hydrogen-bond donors (Lipinski definition) is 2. The van der Waals surface area contributed by atoms with Crippen molar-refractivity contribution < 1.29 is 9.59 Å². The van der Waals surface area contributed by atoms with Gasteiger partial charge >= 0.3 is 0 Å². The van der Waals surface area contributed by atoms with Crippen LogP contribution in [0.25, 0.3) is 0 Å². The Morgan fingerprint density at radius 3 is 2.61 bits per heavy atom. The molecule has 1 aromatic rings. The Hall–Kier alpha value is -1.49. The van der Waals surface area contributed by atoms with Gasteiger partial charge in [-0.15, -0.1) is 11.8 Å². The van der Waals surface area contributed by atoms with E-state index in [2.05, 4.69) is 10.6 Å². The van der Waals surface area contributed by atoms with Gasteiger partial charge in [-0.05, 0) is 38.0 Å². The van der Waals surface area contributed by atoms with Crippen LogP contribution in [0.2, 0.25) is 0 Å². The van der Waals surface area contributed by atoms with E-state index >= 15 is 0 Å². The fourth-order valence-corrected chi connectivity index (χ4v) is 4.15. The van der Waals surface area contributed by atoms with Crippen molar-refractivity contribution >= 4 is 29.3 Å². The molecule has 3 rings (SSSR count). The highest BCUT2D eigenvalue weighted by Gasteiger charge is 2.24. The number of hydrogen-bond acceptors (Lipinski definition) is 3. The number of amides is 2. The highest BCUT2D eigenvalue weighted by Crippen LogP contribution is 2.35. The van der Waals surface area contributed by atoms with Crippen molar-refractivity contribution in [2.24, 2.45) is 0 Å². The largest absolute Gasteiger partial charge is 0.349 e. The molecule has 4 nitrogen and oxygen atoms in total. The van der Waals surface area contributed by atoms with E-state index < -0.39 is 0 Å². The lowest BCUT2D eigenvalue weighted by atomic mass is 9.96. The van der Waals surface area contributed by atoms with E-state index in [9.17, 15) is 9.59 Å². The molecule has 1 heterocycles. The van der Waals surface area contributed by atoms with Gasteiger partial charge in [0.25, 0.3) is 5.91 Å². The van der Waals surface area contributed by atoms with Crippen LogP contribution in [0.5, 0.6) is 0 Å². The molecule has 2 aliphatic rings. The Bertz CT molecular complexity index is 595. The van der Waals surface area contributed by atoms with E-state index in [0.717, 1.165) is 23.4 Å². The molecule has 1 aliphatic heterocycles. The summed E-state index contributed by atoms with van der Waals surface area (Å²) in [6.07, 6.45) is 8.39. The predicted octanol–water partition coefficient (Wildman–Crippen LogP) is 3.96. The van der Waals surface area contributed by atoms with Crippen LogP contribution >= 0.6 is 11.8 Å². The first-order valence-electron chi connectivity index (χ1n) is 8.56. The summed E-state index contributed by atoms with van der Waals surface area (Å²) in [5.74, 6) is -0.0312. The zero-order valence-corrected chi connectivity index (χ0v) is 14.4. The molecule has 1 aliphatic carbocycles. The second-order valence-electron chi connectivity index (χ2n) is 6.48. The summed E-state index contributed by atoms with van der Waals surface area (Å²) in [7, 11) is 0. The zero-order valence-electron chi connectivity index (χ0n) is 13.6. The lowest BCUT2D eigenvalue weighted by molar-refractivity contribution is -0.115. The van der Waals surface area contributed by atoms with Crippen LogP contribution in [0.15, 0.2) is 23.1 Å². The third-order valence-corrected chi connectivity index (χ3v) is 5.79. The predicted molar refractivity (Wildman–Crippen MR) is 94.0 cm³/mol. The molecule has 0 bridgehead atoms. The summed E-state index contributed by atoms with van der Waals surface area (Å²) in [6.45, 7) is 1.89. The Balaban J connectivity index is 1.67. The minimum absolute atomic E-state index is 0.0000706. The molecule has 2 amide bonds. The quantitative estimate of drug-likeness (QED) is 0.862. The minimum Gasteiger partial charge on any atom is -0.349 e. The molecular weight excluding hydrogens is 308 g/mol. The maximum atomic E-state index is 12.5. The number of nitrogens with one attached hydrogen (secondary N) is 2. The summed E-state index contributed by atoms with van der Waals surface area (Å²) in [5, 5.41) is 5.97. The van der Waals surface area contributed by atoms with Gasteiger partial charge in [0.1, 0.15) is 0 Å². The standard InChI is InChI=1S/C18H24N2O2S/c1-12-17(21)20-15-11-13(9-10-16(15)23-12)18(22)19-14-7-5-3-2-4-6-8-14/h9-12,14H,2-8H2,1H3,(H,19,22)(H,20,21). The Morgan fingerprint density at radius 2 is 1.87 bits per heavy atom. The van der Waals surface area contributed by atoms with Gasteiger partial charge in [0.05, 0.1) is 10.9 Å². The molecule has 1 fully saturated rings. The third kappa shape index (κ3) is 4.08. The average Bonchev–Trinajstić information content (AvgIpc) is 2.50. The molecule has 5 heteroatoms. The van der Waals surface area contributed by atoms with Crippen LogP contribution in [0.1, 0.15) is 62.2 Å². The van der Waals surface area contributed by atoms with Crippen molar-refractivity contribution in [2.75, 3.05) is 5.32 Å². The van der Waals surface area contributed by atoms with E-state index in [1.54, 1.807) is 6.07 Å². The van der Waals surface area contributed by atoms with Crippen molar-refractivity contribution in [3.05, 3.63) is 23.8 Å². The maximum Gasteiger partial charge on any atom is 0.251 e. The number of benzene rings is 1. The van der Waals surface area contributed by atoms with Crippen LogP contribution in [0, 0.1) is 0 Å². The van der Waals surface area contributed by atoms with E-state index in [1.165, 1.54) is 43.9 Å². The van der Waals surface area contributed by atoms with Crippen LogP contribution in [-0.2, 0) is 4.79 Å². The van der Waals surface area contributed by atoms with Crippen LogP contribution in [0.3, 0.4) is 0 Å². The lowest BCUT2D eigenvalue weighted by Gasteiger charge is -2.23. The summed E-state index contributed by atoms with van der Waals surface area (Å²) in [5.41, 5.74) is 1.38. The van der Waals surface area contributed by atoms with E-state index in [0.29, 0.717) is 5.56 Å². The summed E-state index contributed by atoms with van der Waals surface area (Å²) < 4.78 is 0. The minimum atomic E-state index is -0.0860. The SMILES string of the molecule is CC1Sc2ccc(C(=O)NC3CCCCCCC3)cc2NC1=O. The van der Waals surface area contributed by atoms with Gasteiger partial charge in [-0.3, -0.25) is 9.59 Å². The second-order valence-corrected chi connectivity index (χ2v) is 7.86. The monoisotopic (exact) mass is 332 g/mol. The molecular formula is C18H24N2O2S. The fraction of sp³-hybridized carbons (Fsp3) is 0.556. The van der Waals surface area contributed by atoms with Crippen molar-refractivity contribution in [1.29, 1.82) is 0 Å². The Morgan fingerprint density at radius 1 is 1.17 bits per heavy atom. The molecule has 0 saturated heterocycles. The van der Waals surface area contributed by atoms with Gasteiger partial charge in [0.2, 0.25) is 5.91 Å². The third-order valence-electron chi connectivity index (χ3n) is 4.61. The second kappa shape index (κ2) is 7.39. The van der Waals surface area contributed by atoms with Crippen LogP contribution in [-0.4, -0.2) is 23.1 Å². The molecule has 0 aromatic heterocycles. The molecule has 1 unspecified atom stereocenters. The average molecular weight is 332 g/mol. The highest BCUT2D eigenvalue weighted by molar-refractivity contribution is 8.00. The molecule has 1 atom stereocenters. The van der Waals surface area contributed by atoms with E-state index in [1.807, 2.05) is 19.1 Å². The van der Waals surface area contributed by atoms with E-state index in [4.69, 9.17) is 0 Å². The first kappa shape index (κ1) is 16.4. The number of thioether (sulfide) groups is 1. The zero-order chi connectivity index (χ0) is 16.2. The first-order chi connectivity index (χ1) is 11.1. The molecule has 1 saturated carbocycles. The van der Waals surface area contributed by atoms with Crippen molar-refractivity contribution in [2.45, 2.75) is 68.1 Å². The summed E-state index contributed by atoms with van der Waals surface area (Å²) >= 11 is 1.54. The van der Waals surface area contributed by atoms with Crippen LogP contribution in [0.4, 0.5) is 5.69 Å². The van der Waals surface area contributed by atoms with Gasteiger partial charge < -0.3 is 10.6 Å². The van der Waals surface area contributed by atoms with E-state index in [-0.39, 0.29) is 23.1 Å². The molecule has 0 spiro atoms. The molecule has 1 aromatic carbocycles. The molecule has 2 N–H and O–H groups in total. The van der Waals surface area contributed by atoms with Crippen LogP contribution < -0.4 is 10.6 Å². The van der Waals surface area contributed by atoms with Gasteiger partial charge in [-0.1, -0.05) is 32.1 Å². The number of rotatable bonds is 2. The Labute approximate surface area is 141 Å². The highest BCUT2D eigenvalue weighted by atomic mass is 32.2. The number of carbonyl (C=O) groups is 2. The van der Waals surface area contributed by atoms with Gasteiger partial charge in [-0.25, -0.2) is 0 Å². The van der Waals surface area contributed by atoms with Crippen molar-refractivity contribution in [3.63, 3.8) is 0 Å². The Kier molecular flexibility index (Phi) is 5.26. The summed E-state index contributed by atoms with van der Waals surface area (Å²) in [4.78, 5) is 25.3. The fourth-order valence-electron chi connectivity index (χ4n) is 3.22. The van der Waals surface area contributed by atoms with Crippen molar-refractivity contribution in [3.8, 4) is 0 Å². The number of anilines is 1. The topological polar surface area (TPSA) is 58.2 Å². The number of fused-ring (bicyclic) bond motifs is 1. The van der Waals surface area contributed by atoms with Gasteiger partial charge in [0, 0.05) is 16.5 Å². The maximum absolute atomic E-state index is 12.5. The van der Waals surface area contributed by atoms with Crippen molar-refractivity contribution in [1.82, 2.24) is 5.32 Å². The molecule has 124 valence electrons. The smallest absolute Gasteiger partial charge is 0.251 e. The summed E-state index contributed by atoms with van der Waals surface area (Å²) in [6, 6.07) is 5.87.